The summed E-state index contributed by atoms with van der Waals surface area (Å²) in [5, 5.41) is 7.22. The lowest BCUT2D eigenvalue weighted by Crippen LogP contribution is -2.34. The van der Waals surface area contributed by atoms with Gasteiger partial charge in [-0.25, -0.2) is 0 Å². The summed E-state index contributed by atoms with van der Waals surface area (Å²) < 4.78 is 13.8. The molecule has 3 unspecified atom stereocenters. The molecule has 4 rings (SSSR count). The van der Waals surface area contributed by atoms with Crippen molar-refractivity contribution in [1.29, 1.82) is 0 Å². The van der Waals surface area contributed by atoms with E-state index in [2.05, 4.69) is 28.8 Å². The lowest BCUT2D eigenvalue weighted by molar-refractivity contribution is 0.355. The smallest absolute Gasteiger partial charge is 0.121 e. The average Bonchev–Trinajstić information content (AvgIpc) is 3.22. The van der Waals surface area contributed by atoms with E-state index in [0.29, 0.717) is 12.0 Å². The molecular formula is C18H27N3OS. The maximum absolute atomic E-state index is 11.8. The van der Waals surface area contributed by atoms with E-state index in [1.165, 1.54) is 55.7 Å². The Morgan fingerprint density at radius 1 is 1.35 bits per heavy atom. The molecule has 0 amide bonds. The van der Waals surface area contributed by atoms with Gasteiger partial charge in [0.25, 0.3) is 0 Å². The Labute approximate surface area is 142 Å². The maximum atomic E-state index is 11.8. The molecule has 1 aliphatic carbocycles. The fourth-order valence-electron chi connectivity index (χ4n) is 4.08. The first kappa shape index (κ1) is 15.8. The zero-order chi connectivity index (χ0) is 15.8. The van der Waals surface area contributed by atoms with Gasteiger partial charge in [-0.3, -0.25) is 0 Å². The van der Waals surface area contributed by atoms with Crippen molar-refractivity contribution in [2.45, 2.75) is 37.6 Å². The van der Waals surface area contributed by atoms with Crippen molar-refractivity contribution in [3.05, 3.63) is 29.3 Å². The van der Waals surface area contributed by atoms with E-state index >= 15 is 0 Å². The van der Waals surface area contributed by atoms with Crippen molar-refractivity contribution in [2.24, 2.45) is 5.92 Å². The molecule has 4 nitrogen and oxygen atoms in total. The highest BCUT2D eigenvalue weighted by atomic mass is 32.2. The Morgan fingerprint density at radius 2 is 2.17 bits per heavy atom. The SMILES string of the molecule is C[S+]([O-])N1CCc2cc(C3CC3NCC3CCNCC3)ccc21. The summed E-state index contributed by atoms with van der Waals surface area (Å²) in [6.07, 6.45) is 6.70. The zero-order valence-electron chi connectivity index (χ0n) is 13.9. The van der Waals surface area contributed by atoms with Gasteiger partial charge in [-0.15, -0.1) is 0 Å². The molecule has 3 atom stereocenters. The van der Waals surface area contributed by atoms with Crippen LogP contribution >= 0.6 is 0 Å². The molecule has 0 radical (unpaired) electrons. The normalized spacial score (nSPS) is 28.7. The van der Waals surface area contributed by atoms with Crippen molar-refractivity contribution in [3.63, 3.8) is 0 Å². The molecule has 23 heavy (non-hydrogen) atoms. The molecule has 2 heterocycles. The minimum absolute atomic E-state index is 0.667. The minimum atomic E-state index is -0.901. The van der Waals surface area contributed by atoms with E-state index in [0.717, 1.165) is 18.9 Å². The van der Waals surface area contributed by atoms with Gasteiger partial charge >= 0.3 is 0 Å². The first-order chi connectivity index (χ1) is 11.2. The molecule has 1 aromatic rings. The van der Waals surface area contributed by atoms with Gasteiger partial charge in [0.2, 0.25) is 0 Å². The first-order valence-electron chi connectivity index (χ1n) is 8.90. The highest BCUT2D eigenvalue weighted by molar-refractivity contribution is 7.92. The van der Waals surface area contributed by atoms with Crippen LogP contribution in [0.4, 0.5) is 5.69 Å². The van der Waals surface area contributed by atoms with Crippen LogP contribution in [0.5, 0.6) is 0 Å². The monoisotopic (exact) mass is 333 g/mol. The molecule has 1 saturated carbocycles. The topological polar surface area (TPSA) is 50.4 Å². The fourth-order valence-corrected chi connectivity index (χ4v) is 4.89. The summed E-state index contributed by atoms with van der Waals surface area (Å²) in [6.45, 7) is 4.43. The van der Waals surface area contributed by atoms with Gasteiger partial charge in [0.15, 0.2) is 0 Å². The average molecular weight is 334 g/mol. The van der Waals surface area contributed by atoms with Crippen LogP contribution in [0.3, 0.4) is 0 Å². The third kappa shape index (κ3) is 3.38. The van der Waals surface area contributed by atoms with E-state index in [1.54, 1.807) is 6.26 Å². The molecule has 1 saturated heterocycles. The molecule has 126 valence electrons. The number of anilines is 1. The van der Waals surface area contributed by atoms with Crippen LogP contribution in [0.1, 0.15) is 36.3 Å². The number of nitrogens with one attached hydrogen (secondary N) is 2. The van der Waals surface area contributed by atoms with Gasteiger partial charge in [-0.2, -0.15) is 4.31 Å². The molecule has 2 aliphatic heterocycles. The van der Waals surface area contributed by atoms with Gasteiger partial charge in [0.05, 0.1) is 23.6 Å². The second kappa shape index (κ2) is 6.63. The van der Waals surface area contributed by atoms with Crippen LogP contribution in [0.25, 0.3) is 0 Å². The van der Waals surface area contributed by atoms with Crippen molar-refractivity contribution >= 4 is 17.0 Å². The second-order valence-electron chi connectivity index (χ2n) is 7.21. The van der Waals surface area contributed by atoms with Gasteiger partial charge in [0, 0.05) is 12.0 Å². The Morgan fingerprint density at radius 3 is 2.96 bits per heavy atom. The Bertz CT molecular complexity index is 559. The standard InChI is InChI=1S/C18H27N3OS/c1-23(22)21-9-6-15-10-14(2-3-18(15)21)16-11-17(16)20-12-13-4-7-19-8-5-13/h2-3,10,13,16-17,19-20H,4-9,11-12H2,1H3. The summed E-state index contributed by atoms with van der Waals surface area (Å²) in [5.41, 5.74) is 4.02. The predicted octanol–water partition coefficient (Wildman–Crippen LogP) is 1.79. The predicted molar refractivity (Wildman–Crippen MR) is 96.3 cm³/mol. The van der Waals surface area contributed by atoms with Crippen LogP contribution in [0, 0.1) is 5.92 Å². The second-order valence-corrected chi connectivity index (χ2v) is 8.50. The maximum Gasteiger partial charge on any atom is 0.121 e. The Hall–Kier alpha value is -0.750. The quantitative estimate of drug-likeness (QED) is 0.807. The first-order valence-corrected chi connectivity index (χ1v) is 10.4. The van der Waals surface area contributed by atoms with Gasteiger partial charge < -0.3 is 15.2 Å². The number of benzene rings is 1. The molecule has 0 bridgehead atoms. The highest BCUT2D eigenvalue weighted by Gasteiger charge is 2.39. The van der Waals surface area contributed by atoms with Gasteiger partial charge in [-0.05, 0) is 68.4 Å². The van der Waals surface area contributed by atoms with Gasteiger partial charge in [0.1, 0.15) is 6.26 Å². The highest BCUT2D eigenvalue weighted by Crippen LogP contribution is 2.43. The van der Waals surface area contributed by atoms with E-state index in [-0.39, 0.29) is 0 Å². The third-order valence-corrected chi connectivity index (χ3v) is 6.61. The van der Waals surface area contributed by atoms with E-state index in [4.69, 9.17) is 0 Å². The molecule has 1 aromatic carbocycles. The molecule has 5 heteroatoms. The fraction of sp³-hybridized carbons (Fsp3) is 0.667. The van der Waals surface area contributed by atoms with Crippen molar-refractivity contribution in [1.82, 2.24) is 10.6 Å². The van der Waals surface area contributed by atoms with Crippen LogP contribution in [0.15, 0.2) is 18.2 Å². The number of rotatable bonds is 5. The Balaban J connectivity index is 1.33. The summed E-state index contributed by atoms with van der Waals surface area (Å²) in [7, 11) is 0. The largest absolute Gasteiger partial charge is 0.593 e. The van der Waals surface area contributed by atoms with E-state index < -0.39 is 11.4 Å². The summed E-state index contributed by atoms with van der Waals surface area (Å²) in [5.74, 6) is 1.54. The van der Waals surface area contributed by atoms with Crippen molar-refractivity contribution < 1.29 is 4.55 Å². The lowest BCUT2D eigenvalue weighted by Gasteiger charge is -2.23. The zero-order valence-corrected chi connectivity index (χ0v) is 14.7. The van der Waals surface area contributed by atoms with E-state index in [9.17, 15) is 4.55 Å². The summed E-state index contributed by atoms with van der Waals surface area (Å²) in [6, 6.07) is 7.46. The van der Waals surface area contributed by atoms with Crippen LogP contribution in [0.2, 0.25) is 0 Å². The molecule has 2 fully saturated rings. The number of piperidine rings is 1. The summed E-state index contributed by atoms with van der Waals surface area (Å²) >= 11 is -0.901. The van der Waals surface area contributed by atoms with Crippen LogP contribution in [-0.4, -0.2) is 43.0 Å². The molecule has 3 aliphatic rings. The van der Waals surface area contributed by atoms with E-state index in [1.807, 2.05) is 4.31 Å². The number of fused-ring (bicyclic) bond motifs is 1. The molecule has 0 aromatic heterocycles. The number of hydrogen-bond donors (Lipinski definition) is 2. The number of hydrogen-bond acceptors (Lipinski definition) is 4. The molecule has 0 spiro atoms. The van der Waals surface area contributed by atoms with Crippen molar-refractivity contribution in [2.75, 3.05) is 36.7 Å². The van der Waals surface area contributed by atoms with Gasteiger partial charge in [-0.1, -0.05) is 12.1 Å². The minimum Gasteiger partial charge on any atom is -0.593 e. The van der Waals surface area contributed by atoms with Crippen LogP contribution < -0.4 is 14.9 Å². The summed E-state index contributed by atoms with van der Waals surface area (Å²) in [4.78, 5) is 0. The third-order valence-electron chi connectivity index (χ3n) is 5.61. The lowest BCUT2D eigenvalue weighted by atomic mass is 9.98. The Kier molecular flexibility index (Phi) is 4.54. The van der Waals surface area contributed by atoms with Crippen LogP contribution in [-0.2, 0) is 17.8 Å². The molecule has 2 N–H and O–H groups in total. The van der Waals surface area contributed by atoms with Crippen molar-refractivity contribution in [3.8, 4) is 0 Å². The number of nitrogens with zero attached hydrogens (tertiary/aromatic N) is 1. The molecular weight excluding hydrogens is 306 g/mol.